The Morgan fingerprint density at radius 2 is 1.95 bits per heavy atom. The predicted octanol–water partition coefficient (Wildman–Crippen LogP) is 3.57. The van der Waals surface area contributed by atoms with E-state index in [9.17, 15) is 0 Å². The van der Waals surface area contributed by atoms with E-state index in [-0.39, 0.29) is 0 Å². The molecule has 0 unspecified atom stereocenters. The van der Waals surface area contributed by atoms with Gasteiger partial charge in [0.05, 0.1) is 6.26 Å². The van der Waals surface area contributed by atoms with Crippen LogP contribution in [0.3, 0.4) is 0 Å². The molecule has 3 nitrogen and oxygen atoms in total. The fourth-order valence-corrected chi connectivity index (χ4v) is 3.05. The average Bonchev–Trinajstić information content (AvgIpc) is 3.09. The molecule has 3 rings (SSSR count). The minimum absolute atomic E-state index is 0.615. The Balaban J connectivity index is 2.07. The van der Waals surface area contributed by atoms with E-state index in [1.165, 1.54) is 4.88 Å². The summed E-state index contributed by atoms with van der Waals surface area (Å²) in [5, 5.41) is 1.01. The van der Waals surface area contributed by atoms with E-state index in [1.807, 2.05) is 30.3 Å². The summed E-state index contributed by atoms with van der Waals surface area (Å²) in [5.41, 5.74) is 7.72. The van der Waals surface area contributed by atoms with E-state index in [1.54, 1.807) is 17.6 Å². The van der Waals surface area contributed by atoms with Gasteiger partial charge in [0.2, 0.25) is 0 Å². The van der Waals surface area contributed by atoms with E-state index < -0.39 is 0 Å². The van der Waals surface area contributed by atoms with Crippen LogP contribution in [0.2, 0.25) is 0 Å². The number of aromatic nitrogens is 1. The maximum atomic E-state index is 5.68. The number of rotatable bonds is 4. The summed E-state index contributed by atoms with van der Waals surface area (Å²) in [6, 6.07) is 14.0. The smallest absolute Gasteiger partial charge is 0.153 e. The number of benzene rings is 1. The summed E-state index contributed by atoms with van der Waals surface area (Å²) in [4.78, 5) is 5.89. The van der Waals surface area contributed by atoms with Crippen molar-refractivity contribution in [1.29, 1.82) is 0 Å². The third-order valence-electron chi connectivity index (χ3n) is 2.84. The van der Waals surface area contributed by atoms with Gasteiger partial charge in [0.25, 0.3) is 0 Å². The van der Waals surface area contributed by atoms with Gasteiger partial charge in [-0.15, -0.1) is 11.3 Å². The highest BCUT2D eigenvalue weighted by molar-refractivity contribution is 7.15. The SMILES string of the molecule is NCCc1sc(-c2ccccc2)nc1-c1ccco1. The standard InChI is InChI=1S/C15H14N2OS/c16-9-8-13-14(12-7-4-10-18-12)17-15(19-13)11-5-2-1-3-6-11/h1-7,10H,8-9,16H2. The molecule has 0 atom stereocenters. The fourth-order valence-electron chi connectivity index (χ4n) is 1.96. The molecule has 0 aliphatic heterocycles. The quantitative estimate of drug-likeness (QED) is 0.788. The zero-order valence-electron chi connectivity index (χ0n) is 10.4. The second kappa shape index (κ2) is 5.38. The third-order valence-corrected chi connectivity index (χ3v) is 4.01. The van der Waals surface area contributed by atoms with Crippen molar-refractivity contribution >= 4 is 11.3 Å². The normalized spacial score (nSPS) is 10.8. The van der Waals surface area contributed by atoms with Crippen LogP contribution in [0.1, 0.15) is 4.88 Å². The van der Waals surface area contributed by atoms with Crippen molar-refractivity contribution in [2.24, 2.45) is 5.73 Å². The van der Waals surface area contributed by atoms with Crippen LogP contribution in [0.4, 0.5) is 0 Å². The summed E-state index contributed by atoms with van der Waals surface area (Å²) < 4.78 is 5.46. The Morgan fingerprint density at radius 1 is 1.11 bits per heavy atom. The summed E-state index contributed by atoms with van der Waals surface area (Å²) >= 11 is 1.68. The number of furan rings is 1. The topological polar surface area (TPSA) is 52.0 Å². The van der Waals surface area contributed by atoms with Crippen molar-refractivity contribution < 1.29 is 4.42 Å². The molecule has 2 heterocycles. The van der Waals surface area contributed by atoms with Gasteiger partial charge in [0, 0.05) is 10.4 Å². The number of thiazole rings is 1. The van der Waals surface area contributed by atoms with E-state index in [0.717, 1.165) is 28.4 Å². The van der Waals surface area contributed by atoms with Gasteiger partial charge < -0.3 is 10.2 Å². The van der Waals surface area contributed by atoms with Crippen LogP contribution in [-0.2, 0) is 6.42 Å². The lowest BCUT2D eigenvalue weighted by Crippen LogP contribution is -2.01. The second-order valence-electron chi connectivity index (χ2n) is 4.17. The highest BCUT2D eigenvalue weighted by Crippen LogP contribution is 2.34. The first-order chi connectivity index (χ1) is 9.38. The van der Waals surface area contributed by atoms with Crippen LogP contribution in [0.15, 0.2) is 53.1 Å². The number of hydrogen-bond donors (Lipinski definition) is 1. The van der Waals surface area contributed by atoms with E-state index in [4.69, 9.17) is 15.1 Å². The van der Waals surface area contributed by atoms with Crippen molar-refractivity contribution in [3.63, 3.8) is 0 Å². The molecule has 0 spiro atoms. The van der Waals surface area contributed by atoms with Crippen LogP contribution >= 0.6 is 11.3 Å². The highest BCUT2D eigenvalue weighted by atomic mass is 32.1. The van der Waals surface area contributed by atoms with Crippen LogP contribution in [0.5, 0.6) is 0 Å². The molecule has 0 amide bonds. The molecule has 19 heavy (non-hydrogen) atoms. The molecule has 0 radical (unpaired) electrons. The molecule has 96 valence electrons. The van der Waals surface area contributed by atoms with Crippen molar-refractivity contribution in [3.05, 3.63) is 53.6 Å². The van der Waals surface area contributed by atoms with E-state index >= 15 is 0 Å². The molecule has 0 aliphatic carbocycles. The van der Waals surface area contributed by atoms with Crippen molar-refractivity contribution in [2.75, 3.05) is 6.54 Å². The van der Waals surface area contributed by atoms with E-state index in [2.05, 4.69) is 12.1 Å². The minimum atomic E-state index is 0.615. The first-order valence-corrected chi connectivity index (χ1v) is 6.99. The van der Waals surface area contributed by atoms with Gasteiger partial charge in [-0.2, -0.15) is 0 Å². The molecule has 4 heteroatoms. The Kier molecular flexibility index (Phi) is 3.44. The molecule has 0 saturated heterocycles. The molecule has 0 aliphatic rings. The van der Waals surface area contributed by atoms with Gasteiger partial charge >= 0.3 is 0 Å². The van der Waals surface area contributed by atoms with Gasteiger partial charge in [-0.3, -0.25) is 0 Å². The van der Waals surface area contributed by atoms with E-state index in [0.29, 0.717) is 6.54 Å². The Bertz CT molecular complexity index is 644. The first kappa shape index (κ1) is 12.1. The average molecular weight is 270 g/mol. The van der Waals surface area contributed by atoms with Gasteiger partial charge in [0.1, 0.15) is 10.7 Å². The van der Waals surface area contributed by atoms with Crippen LogP contribution in [-0.4, -0.2) is 11.5 Å². The monoisotopic (exact) mass is 270 g/mol. The lowest BCUT2D eigenvalue weighted by Gasteiger charge is -1.95. The minimum Gasteiger partial charge on any atom is -0.463 e. The summed E-state index contributed by atoms with van der Waals surface area (Å²) in [6.45, 7) is 0.615. The second-order valence-corrected chi connectivity index (χ2v) is 5.26. The largest absolute Gasteiger partial charge is 0.463 e. The lowest BCUT2D eigenvalue weighted by molar-refractivity contribution is 0.580. The highest BCUT2D eigenvalue weighted by Gasteiger charge is 2.15. The molecule has 2 N–H and O–H groups in total. The van der Waals surface area contributed by atoms with Gasteiger partial charge in [-0.25, -0.2) is 4.98 Å². The molecule has 0 fully saturated rings. The predicted molar refractivity (Wildman–Crippen MR) is 78.0 cm³/mol. The van der Waals surface area contributed by atoms with Gasteiger partial charge in [-0.05, 0) is 25.1 Å². The summed E-state index contributed by atoms with van der Waals surface area (Å²) in [7, 11) is 0. The number of nitrogens with two attached hydrogens (primary N) is 1. The molecule has 2 aromatic heterocycles. The maximum absolute atomic E-state index is 5.68. The maximum Gasteiger partial charge on any atom is 0.153 e. The Morgan fingerprint density at radius 3 is 2.63 bits per heavy atom. The van der Waals surface area contributed by atoms with Gasteiger partial charge in [-0.1, -0.05) is 30.3 Å². The van der Waals surface area contributed by atoms with Crippen molar-refractivity contribution in [2.45, 2.75) is 6.42 Å². The lowest BCUT2D eigenvalue weighted by atomic mass is 10.2. The van der Waals surface area contributed by atoms with Crippen LogP contribution in [0, 0.1) is 0 Å². The molecule has 0 saturated carbocycles. The van der Waals surface area contributed by atoms with Crippen LogP contribution < -0.4 is 5.73 Å². The molecular weight excluding hydrogens is 256 g/mol. The number of hydrogen-bond acceptors (Lipinski definition) is 4. The molecule has 3 aromatic rings. The Labute approximate surface area is 115 Å². The van der Waals surface area contributed by atoms with Crippen molar-refractivity contribution in [1.82, 2.24) is 4.98 Å². The zero-order chi connectivity index (χ0) is 13.1. The summed E-state index contributed by atoms with van der Waals surface area (Å²) in [5.74, 6) is 0.807. The fraction of sp³-hybridized carbons (Fsp3) is 0.133. The zero-order valence-corrected chi connectivity index (χ0v) is 11.2. The Hall–Kier alpha value is -1.91. The summed E-state index contributed by atoms with van der Waals surface area (Å²) in [6.07, 6.45) is 2.49. The molecular formula is C15H14N2OS. The molecule has 1 aromatic carbocycles. The van der Waals surface area contributed by atoms with Gasteiger partial charge in [0.15, 0.2) is 5.76 Å². The molecule has 0 bridgehead atoms. The third kappa shape index (κ3) is 2.45. The van der Waals surface area contributed by atoms with Crippen LogP contribution in [0.25, 0.3) is 22.0 Å². The van der Waals surface area contributed by atoms with Crippen molar-refractivity contribution in [3.8, 4) is 22.0 Å². The number of nitrogens with zero attached hydrogens (tertiary/aromatic N) is 1. The first-order valence-electron chi connectivity index (χ1n) is 6.17.